The van der Waals surface area contributed by atoms with Crippen LogP contribution in [0.4, 0.5) is 0 Å². The molecular formula is C14H30N2S. The number of rotatable bonds is 6. The van der Waals surface area contributed by atoms with Crippen LogP contribution in [-0.2, 0) is 0 Å². The fourth-order valence-electron chi connectivity index (χ4n) is 2.70. The van der Waals surface area contributed by atoms with Gasteiger partial charge in [-0.25, -0.2) is 0 Å². The third kappa shape index (κ3) is 5.62. The molecule has 3 unspecified atom stereocenters. The molecule has 1 rings (SSSR count). The van der Waals surface area contributed by atoms with Crippen molar-refractivity contribution in [3.63, 3.8) is 0 Å². The van der Waals surface area contributed by atoms with E-state index < -0.39 is 0 Å². The molecule has 2 N–H and O–H groups in total. The smallest absolute Gasteiger partial charge is 0.00793 e. The van der Waals surface area contributed by atoms with Crippen LogP contribution in [0.5, 0.6) is 0 Å². The number of thioether (sulfide) groups is 1. The molecule has 0 heterocycles. The Hall–Kier alpha value is 0.270. The average Bonchev–Trinajstić information content (AvgIpc) is 2.52. The van der Waals surface area contributed by atoms with E-state index in [9.17, 15) is 0 Å². The molecule has 0 spiro atoms. The number of hydrogen-bond acceptors (Lipinski definition) is 3. The monoisotopic (exact) mass is 258 g/mol. The van der Waals surface area contributed by atoms with Crippen LogP contribution in [0, 0.1) is 5.92 Å². The summed E-state index contributed by atoms with van der Waals surface area (Å²) in [6, 6.07) is 1.13. The molecule has 3 atom stereocenters. The van der Waals surface area contributed by atoms with Crippen LogP contribution in [0.1, 0.15) is 45.4 Å². The molecule has 0 amide bonds. The van der Waals surface area contributed by atoms with Crippen LogP contribution < -0.4 is 5.73 Å². The summed E-state index contributed by atoms with van der Waals surface area (Å²) < 4.78 is 0. The van der Waals surface area contributed by atoms with Gasteiger partial charge in [0.25, 0.3) is 0 Å². The second-order valence-corrected chi connectivity index (χ2v) is 6.62. The van der Waals surface area contributed by atoms with E-state index in [1.165, 1.54) is 50.8 Å². The molecule has 0 radical (unpaired) electrons. The van der Waals surface area contributed by atoms with Crippen LogP contribution in [0.3, 0.4) is 0 Å². The molecule has 1 aliphatic rings. The first-order chi connectivity index (χ1) is 8.15. The summed E-state index contributed by atoms with van der Waals surface area (Å²) in [5.41, 5.74) is 6.30. The molecule has 1 aliphatic carbocycles. The van der Waals surface area contributed by atoms with Gasteiger partial charge in [-0.15, -0.1) is 0 Å². The SMILES string of the molecule is CSCCC(C)N(C)CC1CCCCCC1N. The number of nitrogens with zero attached hydrogens (tertiary/aromatic N) is 1. The first-order valence-electron chi connectivity index (χ1n) is 7.10. The topological polar surface area (TPSA) is 29.3 Å². The zero-order chi connectivity index (χ0) is 12.7. The summed E-state index contributed by atoms with van der Waals surface area (Å²) in [6.45, 7) is 3.54. The summed E-state index contributed by atoms with van der Waals surface area (Å²) in [6.07, 6.45) is 10.1. The van der Waals surface area contributed by atoms with E-state index in [4.69, 9.17) is 5.73 Å². The first-order valence-corrected chi connectivity index (χ1v) is 8.49. The van der Waals surface area contributed by atoms with Gasteiger partial charge in [-0.3, -0.25) is 0 Å². The standard InChI is InChI=1S/C14H30N2S/c1-12(9-10-17-3)16(2)11-13-7-5-4-6-8-14(13)15/h12-14H,4-11,15H2,1-3H3. The third-order valence-electron chi connectivity index (χ3n) is 4.23. The Morgan fingerprint density at radius 3 is 2.71 bits per heavy atom. The fraction of sp³-hybridized carbons (Fsp3) is 1.00. The molecule has 2 nitrogen and oxygen atoms in total. The Bertz CT molecular complexity index is 199. The first kappa shape index (κ1) is 15.3. The molecular weight excluding hydrogens is 228 g/mol. The van der Waals surface area contributed by atoms with Crippen molar-refractivity contribution in [2.75, 3.05) is 25.6 Å². The Morgan fingerprint density at radius 2 is 2.00 bits per heavy atom. The lowest BCUT2D eigenvalue weighted by molar-refractivity contribution is 0.193. The van der Waals surface area contributed by atoms with Gasteiger partial charge in [0.15, 0.2) is 0 Å². The van der Waals surface area contributed by atoms with Crippen molar-refractivity contribution < 1.29 is 0 Å². The maximum Gasteiger partial charge on any atom is 0.00793 e. The highest BCUT2D eigenvalue weighted by molar-refractivity contribution is 7.98. The van der Waals surface area contributed by atoms with Gasteiger partial charge in [0, 0.05) is 18.6 Å². The van der Waals surface area contributed by atoms with Crippen molar-refractivity contribution in [1.29, 1.82) is 0 Å². The number of hydrogen-bond donors (Lipinski definition) is 1. The Labute approximate surface area is 112 Å². The molecule has 0 saturated heterocycles. The Morgan fingerprint density at radius 1 is 1.29 bits per heavy atom. The predicted molar refractivity (Wildman–Crippen MR) is 79.6 cm³/mol. The van der Waals surface area contributed by atoms with Gasteiger partial charge in [-0.2, -0.15) is 11.8 Å². The lowest BCUT2D eigenvalue weighted by Gasteiger charge is -2.31. The molecule has 17 heavy (non-hydrogen) atoms. The normalized spacial score (nSPS) is 28.1. The molecule has 1 fully saturated rings. The molecule has 0 aromatic heterocycles. The van der Waals surface area contributed by atoms with Gasteiger partial charge < -0.3 is 10.6 Å². The zero-order valence-electron chi connectivity index (χ0n) is 11.8. The van der Waals surface area contributed by atoms with Crippen molar-refractivity contribution in [2.24, 2.45) is 11.7 Å². The van der Waals surface area contributed by atoms with Crippen molar-refractivity contribution in [3.05, 3.63) is 0 Å². The largest absolute Gasteiger partial charge is 0.327 e. The highest BCUT2D eigenvalue weighted by atomic mass is 32.2. The van der Waals surface area contributed by atoms with Gasteiger partial charge in [0.05, 0.1) is 0 Å². The molecule has 1 saturated carbocycles. The second kappa shape index (κ2) is 8.39. The van der Waals surface area contributed by atoms with Crippen molar-refractivity contribution in [3.8, 4) is 0 Å². The lowest BCUT2D eigenvalue weighted by atomic mass is 9.94. The summed E-state index contributed by atoms with van der Waals surface area (Å²) in [7, 11) is 2.27. The minimum atomic E-state index is 0.438. The van der Waals surface area contributed by atoms with Crippen LogP contribution in [-0.4, -0.2) is 42.6 Å². The Kier molecular flexibility index (Phi) is 7.56. The highest BCUT2D eigenvalue weighted by Crippen LogP contribution is 2.23. The molecule has 0 aliphatic heterocycles. The van der Waals surface area contributed by atoms with Crippen molar-refractivity contribution in [1.82, 2.24) is 4.90 Å². The summed E-state index contributed by atoms with van der Waals surface area (Å²) in [4.78, 5) is 2.52. The second-order valence-electron chi connectivity index (χ2n) is 5.63. The highest BCUT2D eigenvalue weighted by Gasteiger charge is 2.23. The fourth-order valence-corrected chi connectivity index (χ4v) is 3.28. The van der Waals surface area contributed by atoms with Crippen LogP contribution in [0.15, 0.2) is 0 Å². The zero-order valence-corrected chi connectivity index (χ0v) is 12.6. The molecule has 0 bridgehead atoms. The van der Waals surface area contributed by atoms with Crippen LogP contribution >= 0.6 is 11.8 Å². The number of nitrogens with two attached hydrogens (primary N) is 1. The maximum atomic E-state index is 6.30. The maximum absolute atomic E-state index is 6.30. The molecule has 0 aromatic rings. The van der Waals surface area contributed by atoms with E-state index in [0.29, 0.717) is 12.1 Å². The van der Waals surface area contributed by atoms with Gasteiger partial charge in [-0.1, -0.05) is 19.3 Å². The predicted octanol–water partition coefficient (Wildman–Crippen LogP) is 2.97. The molecule has 3 heteroatoms. The van der Waals surface area contributed by atoms with E-state index in [1.807, 2.05) is 11.8 Å². The van der Waals surface area contributed by atoms with Gasteiger partial charge in [0.1, 0.15) is 0 Å². The minimum Gasteiger partial charge on any atom is -0.327 e. The molecule has 0 aromatic carbocycles. The Balaban J connectivity index is 2.34. The minimum absolute atomic E-state index is 0.438. The summed E-state index contributed by atoms with van der Waals surface area (Å²) in [5, 5.41) is 0. The van der Waals surface area contributed by atoms with E-state index in [0.717, 1.165) is 5.92 Å². The van der Waals surface area contributed by atoms with Gasteiger partial charge in [-0.05, 0) is 51.2 Å². The van der Waals surface area contributed by atoms with E-state index in [1.54, 1.807) is 0 Å². The summed E-state index contributed by atoms with van der Waals surface area (Å²) >= 11 is 1.95. The van der Waals surface area contributed by atoms with E-state index in [2.05, 4.69) is 25.1 Å². The van der Waals surface area contributed by atoms with Gasteiger partial charge in [0.2, 0.25) is 0 Å². The van der Waals surface area contributed by atoms with Gasteiger partial charge >= 0.3 is 0 Å². The van der Waals surface area contributed by atoms with Crippen molar-refractivity contribution >= 4 is 11.8 Å². The quantitative estimate of drug-likeness (QED) is 0.743. The average molecular weight is 258 g/mol. The lowest BCUT2D eigenvalue weighted by Crippen LogP contribution is -2.40. The van der Waals surface area contributed by atoms with Crippen molar-refractivity contribution in [2.45, 2.75) is 57.5 Å². The third-order valence-corrected chi connectivity index (χ3v) is 4.88. The van der Waals surface area contributed by atoms with Crippen LogP contribution in [0.25, 0.3) is 0 Å². The van der Waals surface area contributed by atoms with Crippen LogP contribution in [0.2, 0.25) is 0 Å². The summed E-state index contributed by atoms with van der Waals surface area (Å²) in [5.74, 6) is 1.99. The van der Waals surface area contributed by atoms with E-state index in [-0.39, 0.29) is 0 Å². The molecule has 102 valence electrons. The van der Waals surface area contributed by atoms with E-state index >= 15 is 0 Å².